The number of methoxy groups -OCH3 is 1. The molecular formula is C23H22ClNO5. The first kappa shape index (κ1) is 20.4. The van der Waals surface area contributed by atoms with Gasteiger partial charge in [-0.2, -0.15) is 0 Å². The fraction of sp³-hybridized carbons (Fsp3) is 0.304. The number of hydrogen-bond acceptors (Lipinski definition) is 5. The van der Waals surface area contributed by atoms with Gasteiger partial charge in [-0.25, -0.2) is 0 Å². The van der Waals surface area contributed by atoms with Crippen LogP contribution in [0.1, 0.15) is 30.0 Å². The molecule has 0 spiro atoms. The minimum Gasteiger partial charge on any atom is -0.507 e. The average molecular weight is 428 g/mol. The minimum absolute atomic E-state index is 0.0606. The molecule has 2 saturated heterocycles. The Balaban J connectivity index is 1.80. The van der Waals surface area contributed by atoms with Crippen molar-refractivity contribution in [2.24, 2.45) is 0 Å². The second-order valence-corrected chi connectivity index (χ2v) is 7.80. The SMILES string of the molecule is COc1ccc(/C(O)=C2\C(=O)C(=O)N(CC3CCCO3)C2c2ccc(Cl)cc2)cc1. The molecule has 0 bridgehead atoms. The number of ether oxygens (including phenoxy) is 2. The predicted octanol–water partition coefficient (Wildman–Crippen LogP) is 3.95. The number of ketones is 1. The van der Waals surface area contributed by atoms with Crippen LogP contribution in [-0.2, 0) is 14.3 Å². The monoisotopic (exact) mass is 427 g/mol. The number of rotatable bonds is 5. The van der Waals surface area contributed by atoms with Crippen LogP contribution in [0, 0.1) is 0 Å². The summed E-state index contributed by atoms with van der Waals surface area (Å²) >= 11 is 6.03. The van der Waals surface area contributed by atoms with Crippen LogP contribution < -0.4 is 4.74 Å². The third-order valence-corrected chi connectivity index (χ3v) is 5.77. The van der Waals surface area contributed by atoms with Gasteiger partial charge < -0.3 is 19.5 Å². The fourth-order valence-corrected chi connectivity index (χ4v) is 4.10. The molecule has 2 aliphatic rings. The summed E-state index contributed by atoms with van der Waals surface area (Å²) in [4.78, 5) is 27.4. The van der Waals surface area contributed by atoms with E-state index < -0.39 is 17.7 Å². The van der Waals surface area contributed by atoms with E-state index in [1.807, 2.05) is 0 Å². The Morgan fingerprint density at radius 2 is 1.87 bits per heavy atom. The van der Waals surface area contributed by atoms with Crippen molar-refractivity contribution in [1.82, 2.24) is 4.90 Å². The molecule has 2 aromatic carbocycles. The Hall–Kier alpha value is -2.83. The number of carbonyl (C=O) groups excluding carboxylic acids is 2. The summed E-state index contributed by atoms with van der Waals surface area (Å²) in [5, 5.41) is 11.6. The third-order valence-electron chi connectivity index (χ3n) is 5.51. The summed E-state index contributed by atoms with van der Waals surface area (Å²) < 4.78 is 10.8. The highest BCUT2D eigenvalue weighted by Crippen LogP contribution is 2.40. The van der Waals surface area contributed by atoms with Crippen LogP contribution in [0.25, 0.3) is 5.76 Å². The predicted molar refractivity (Wildman–Crippen MR) is 112 cm³/mol. The number of nitrogens with zero attached hydrogens (tertiary/aromatic N) is 1. The van der Waals surface area contributed by atoms with Gasteiger partial charge in [0.2, 0.25) is 0 Å². The minimum atomic E-state index is -0.714. The summed E-state index contributed by atoms with van der Waals surface area (Å²) in [6.45, 7) is 0.934. The van der Waals surface area contributed by atoms with Gasteiger partial charge in [-0.1, -0.05) is 23.7 Å². The number of carbonyl (C=O) groups is 2. The first-order valence-corrected chi connectivity index (χ1v) is 10.2. The van der Waals surface area contributed by atoms with E-state index in [4.69, 9.17) is 21.1 Å². The molecule has 6 nitrogen and oxygen atoms in total. The first-order valence-electron chi connectivity index (χ1n) is 9.79. The largest absolute Gasteiger partial charge is 0.507 e. The molecule has 1 amide bonds. The Kier molecular flexibility index (Phi) is 5.79. The molecule has 0 aliphatic carbocycles. The molecule has 30 heavy (non-hydrogen) atoms. The van der Waals surface area contributed by atoms with Crippen LogP contribution in [0.2, 0.25) is 5.02 Å². The molecule has 156 valence electrons. The molecule has 2 fully saturated rings. The van der Waals surface area contributed by atoms with Crippen molar-refractivity contribution >= 4 is 29.1 Å². The van der Waals surface area contributed by atoms with Crippen molar-refractivity contribution in [2.75, 3.05) is 20.3 Å². The topological polar surface area (TPSA) is 76.1 Å². The number of aliphatic hydroxyl groups excluding tert-OH is 1. The van der Waals surface area contributed by atoms with Gasteiger partial charge >= 0.3 is 0 Å². The quantitative estimate of drug-likeness (QED) is 0.444. The molecule has 7 heteroatoms. The summed E-state index contributed by atoms with van der Waals surface area (Å²) in [5.74, 6) is -0.938. The van der Waals surface area contributed by atoms with E-state index in [9.17, 15) is 14.7 Å². The first-order chi connectivity index (χ1) is 14.5. The standard InChI is InChI=1S/C23H22ClNO5/c1-29-17-10-6-15(7-11-17)21(26)19-20(14-4-8-16(24)9-5-14)25(23(28)22(19)27)13-18-3-2-12-30-18/h4-11,18,20,26H,2-3,12-13H2,1H3/b21-19+. The van der Waals surface area contributed by atoms with Crippen LogP contribution in [0.5, 0.6) is 5.75 Å². The van der Waals surface area contributed by atoms with Gasteiger partial charge in [0.15, 0.2) is 0 Å². The van der Waals surface area contributed by atoms with Crippen LogP contribution in [0.15, 0.2) is 54.1 Å². The van der Waals surface area contributed by atoms with Gasteiger partial charge in [0.25, 0.3) is 11.7 Å². The summed E-state index contributed by atoms with van der Waals surface area (Å²) in [7, 11) is 1.55. The summed E-state index contributed by atoms with van der Waals surface area (Å²) in [5.41, 5.74) is 1.20. The van der Waals surface area contributed by atoms with Gasteiger partial charge in [0.1, 0.15) is 11.5 Å². The number of halogens is 1. The highest BCUT2D eigenvalue weighted by molar-refractivity contribution is 6.46. The van der Waals surface area contributed by atoms with Crippen LogP contribution in [-0.4, -0.2) is 48.1 Å². The van der Waals surface area contributed by atoms with E-state index in [0.717, 1.165) is 12.8 Å². The van der Waals surface area contributed by atoms with Crippen molar-refractivity contribution in [3.63, 3.8) is 0 Å². The lowest BCUT2D eigenvalue weighted by atomic mass is 9.95. The second kappa shape index (κ2) is 8.50. The maximum atomic E-state index is 13.0. The lowest BCUT2D eigenvalue weighted by Gasteiger charge is -2.27. The highest BCUT2D eigenvalue weighted by atomic mass is 35.5. The van der Waals surface area contributed by atoms with Crippen LogP contribution >= 0.6 is 11.6 Å². The molecule has 0 saturated carbocycles. The molecule has 1 N–H and O–H groups in total. The molecule has 2 heterocycles. The van der Waals surface area contributed by atoms with E-state index in [1.54, 1.807) is 55.6 Å². The van der Waals surface area contributed by atoms with E-state index >= 15 is 0 Å². The van der Waals surface area contributed by atoms with Crippen molar-refractivity contribution in [3.8, 4) is 5.75 Å². The average Bonchev–Trinajstić information content (AvgIpc) is 3.36. The van der Waals surface area contributed by atoms with E-state index in [1.165, 1.54) is 4.90 Å². The molecule has 2 unspecified atom stereocenters. The van der Waals surface area contributed by atoms with Crippen molar-refractivity contribution in [1.29, 1.82) is 0 Å². The number of likely N-dealkylation sites (tertiary alicyclic amines) is 1. The maximum Gasteiger partial charge on any atom is 0.295 e. The number of amides is 1. The van der Waals surface area contributed by atoms with Crippen LogP contribution in [0.3, 0.4) is 0 Å². The lowest BCUT2D eigenvalue weighted by molar-refractivity contribution is -0.140. The van der Waals surface area contributed by atoms with Gasteiger partial charge in [-0.05, 0) is 54.8 Å². The van der Waals surface area contributed by atoms with Gasteiger partial charge in [-0.15, -0.1) is 0 Å². The number of hydrogen-bond donors (Lipinski definition) is 1. The van der Waals surface area contributed by atoms with Crippen molar-refractivity contribution in [2.45, 2.75) is 25.0 Å². The molecule has 4 rings (SSSR count). The number of aliphatic hydroxyl groups is 1. The smallest absolute Gasteiger partial charge is 0.295 e. The van der Waals surface area contributed by atoms with E-state index in [2.05, 4.69) is 0 Å². The van der Waals surface area contributed by atoms with Crippen LogP contribution in [0.4, 0.5) is 0 Å². The van der Waals surface area contributed by atoms with Gasteiger partial charge in [0, 0.05) is 23.7 Å². The molecular weight excluding hydrogens is 406 g/mol. The zero-order valence-corrected chi connectivity index (χ0v) is 17.3. The van der Waals surface area contributed by atoms with Crippen molar-refractivity contribution in [3.05, 3.63) is 70.3 Å². The summed E-state index contributed by atoms with van der Waals surface area (Å²) in [6, 6.07) is 12.9. The molecule has 2 aromatic rings. The third kappa shape index (κ3) is 3.80. The Morgan fingerprint density at radius 3 is 2.47 bits per heavy atom. The zero-order valence-electron chi connectivity index (χ0n) is 16.5. The van der Waals surface area contributed by atoms with E-state index in [-0.39, 0.29) is 24.0 Å². The Morgan fingerprint density at radius 1 is 1.17 bits per heavy atom. The van der Waals surface area contributed by atoms with Gasteiger partial charge in [-0.3, -0.25) is 9.59 Å². The zero-order chi connectivity index (χ0) is 21.3. The maximum absolute atomic E-state index is 13.0. The number of benzene rings is 2. The van der Waals surface area contributed by atoms with Crippen molar-refractivity contribution < 1.29 is 24.2 Å². The fourth-order valence-electron chi connectivity index (χ4n) is 3.97. The Bertz CT molecular complexity index is 978. The summed E-state index contributed by atoms with van der Waals surface area (Å²) in [6.07, 6.45) is 1.62. The molecule has 2 aliphatic heterocycles. The number of Topliss-reactive ketones (excluding diaryl/α,β-unsaturated/α-hetero) is 1. The Labute approximate surface area is 179 Å². The molecule has 0 aromatic heterocycles. The van der Waals surface area contributed by atoms with Gasteiger partial charge in [0.05, 0.1) is 24.8 Å². The second-order valence-electron chi connectivity index (χ2n) is 7.37. The van der Waals surface area contributed by atoms with E-state index in [0.29, 0.717) is 28.5 Å². The lowest BCUT2D eigenvalue weighted by Crippen LogP contribution is -2.36. The molecule has 2 atom stereocenters. The highest BCUT2D eigenvalue weighted by Gasteiger charge is 2.47. The molecule has 0 radical (unpaired) electrons. The normalized spacial score (nSPS) is 23.2.